The van der Waals surface area contributed by atoms with E-state index in [1.807, 2.05) is 0 Å². The van der Waals surface area contributed by atoms with Crippen LogP contribution in [0.5, 0.6) is 23.0 Å². The molecule has 1 heterocycles. The minimum atomic E-state index is -0.226. The van der Waals surface area contributed by atoms with Crippen LogP contribution in [0.1, 0.15) is 22.8 Å². The zero-order valence-corrected chi connectivity index (χ0v) is 14.7. The second kappa shape index (κ2) is 7.31. The lowest BCUT2D eigenvalue weighted by Crippen LogP contribution is -2.06. The normalized spacial score (nSPS) is 14.0. The van der Waals surface area contributed by atoms with Crippen molar-refractivity contribution in [1.82, 2.24) is 0 Å². The molecule has 26 heavy (non-hydrogen) atoms. The van der Waals surface area contributed by atoms with Crippen LogP contribution in [-0.2, 0) is 4.79 Å². The van der Waals surface area contributed by atoms with E-state index in [4.69, 9.17) is 18.9 Å². The van der Waals surface area contributed by atoms with Gasteiger partial charge >= 0.3 is 0 Å². The van der Waals surface area contributed by atoms with E-state index < -0.39 is 0 Å². The number of fused-ring (bicyclic) bond motifs is 1. The molecule has 0 bridgehead atoms. The lowest BCUT2D eigenvalue weighted by molar-refractivity contribution is -0.118. The van der Waals surface area contributed by atoms with Gasteiger partial charge in [-0.25, -0.2) is 0 Å². The molecule has 2 aromatic carbocycles. The molecular weight excluding hydrogens is 336 g/mol. The van der Waals surface area contributed by atoms with Gasteiger partial charge in [0.25, 0.3) is 0 Å². The fraction of sp³-hybridized carbons (Fsp3) is 0.200. The van der Waals surface area contributed by atoms with Crippen LogP contribution in [0.2, 0.25) is 0 Å². The van der Waals surface area contributed by atoms with Crippen LogP contribution < -0.4 is 18.9 Å². The summed E-state index contributed by atoms with van der Waals surface area (Å²) in [6, 6.07) is 10.1. The van der Waals surface area contributed by atoms with E-state index in [2.05, 4.69) is 0 Å². The molecule has 0 aromatic heterocycles. The summed E-state index contributed by atoms with van der Waals surface area (Å²) in [7, 11) is 3.11. The molecule has 0 aliphatic carbocycles. The van der Waals surface area contributed by atoms with Crippen molar-refractivity contribution in [2.24, 2.45) is 0 Å². The smallest absolute Gasteiger partial charge is 0.231 e. The molecule has 1 aliphatic heterocycles. The van der Waals surface area contributed by atoms with E-state index in [1.54, 1.807) is 56.7 Å². The predicted octanol–water partition coefficient (Wildman–Crippen LogP) is 3.29. The Hall–Kier alpha value is -3.28. The monoisotopic (exact) mass is 354 g/mol. The molecule has 0 N–H and O–H groups in total. The Morgan fingerprint density at radius 3 is 2.54 bits per heavy atom. The zero-order valence-electron chi connectivity index (χ0n) is 14.7. The number of rotatable bonds is 6. The summed E-state index contributed by atoms with van der Waals surface area (Å²) in [4.78, 5) is 23.6. The van der Waals surface area contributed by atoms with E-state index in [1.165, 1.54) is 6.92 Å². The first-order valence-electron chi connectivity index (χ1n) is 7.94. The number of methoxy groups -OCH3 is 2. The van der Waals surface area contributed by atoms with Gasteiger partial charge < -0.3 is 18.9 Å². The van der Waals surface area contributed by atoms with Crippen molar-refractivity contribution in [3.8, 4) is 23.0 Å². The Labute approximate surface area is 150 Å². The number of hydrogen-bond donors (Lipinski definition) is 0. The number of ether oxygens (including phenoxy) is 4. The number of allylic oxidation sites excluding steroid dienone is 1. The number of benzene rings is 2. The number of Topliss-reactive ketones (excluding diaryl/α,β-unsaturated/α-hetero) is 2. The van der Waals surface area contributed by atoms with Gasteiger partial charge in [-0.05, 0) is 37.3 Å². The van der Waals surface area contributed by atoms with Crippen LogP contribution in [0.4, 0.5) is 0 Å². The maximum atomic E-state index is 12.5. The SMILES string of the molecule is COc1ccc(/C=C2\Oc3cc(OCC(C)=O)ccc3C2=O)c(OC)c1. The summed E-state index contributed by atoms with van der Waals surface area (Å²) in [6.45, 7) is 1.41. The lowest BCUT2D eigenvalue weighted by Gasteiger charge is -2.08. The molecule has 3 rings (SSSR count). The summed E-state index contributed by atoms with van der Waals surface area (Å²) in [5.41, 5.74) is 1.14. The van der Waals surface area contributed by atoms with Gasteiger partial charge in [-0.1, -0.05) is 0 Å². The maximum absolute atomic E-state index is 12.5. The van der Waals surface area contributed by atoms with Crippen LogP contribution in [-0.4, -0.2) is 32.4 Å². The molecule has 0 amide bonds. The van der Waals surface area contributed by atoms with Gasteiger partial charge in [-0.15, -0.1) is 0 Å². The van der Waals surface area contributed by atoms with Crippen LogP contribution in [0.25, 0.3) is 6.08 Å². The lowest BCUT2D eigenvalue weighted by atomic mass is 10.1. The Kier molecular flexibility index (Phi) is 4.93. The standard InChI is InChI=1S/C20H18O6/c1-12(21)11-25-15-6-7-16-18(10-15)26-19(20(16)22)8-13-4-5-14(23-2)9-17(13)24-3/h4-10H,11H2,1-3H3/b19-8-. The Morgan fingerprint density at radius 2 is 1.85 bits per heavy atom. The molecular formula is C20H18O6. The Bertz CT molecular complexity index is 897. The molecule has 0 radical (unpaired) electrons. The number of carbonyl (C=O) groups is 2. The highest BCUT2D eigenvalue weighted by Gasteiger charge is 2.28. The second-order valence-corrected chi connectivity index (χ2v) is 5.70. The van der Waals surface area contributed by atoms with Crippen LogP contribution in [0, 0.1) is 0 Å². The van der Waals surface area contributed by atoms with Crippen LogP contribution >= 0.6 is 0 Å². The Morgan fingerprint density at radius 1 is 1.08 bits per heavy atom. The maximum Gasteiger partial charge on any atom is 0.231 e. The summed E-state index contributed by atoms with van der Waals surface area (Å²) in [5, 5.41) is 0. The van der Waals surface area contributed by atoms with Crippen molar-refractivity contribution < 1.29 is 28.5 Å². The summed E-state index contributed by atoms with van der Waals surface area (Å²) < 4.78 is 21.5. The van der Waals surface area contributed by atoms with E-state index in [0.717, 1.165) is 0 Å². The molecule has 6 heteroatoms. The van der Waals surface area contributed by atoms with Crippen molar-refractivity contribution >= 4 is 17.6 Å². The van der Waals surface area contributed by atoms with Crippen molar-refractivity contribution in [2.45, 2.75) is 6.92 Å². The van der Waals surface area contributed by atoms with Crippen LogP contribution in [0.15, 0.2) is 42.2 Å². The van der Waals surface area contributed by atoms with Crippen LogP contribution in [0.3, 0.4) is 0 Å². The summed E-state index contributed by atoms with van der Waals surface area (Å²) in [6.07, 6.45) is 1.62. The third-order valence-electron chi connectivity index (χ3n) is 3.81. The minimum absolute atomic E-state index is 0.0293. The number of hydrogen-bond acceptors (Lipinski definition) is 6. The van der Waals surface area contributed by atoms with E-state index >= 15 is 0 Å². The highest BCUT2D eigenvalue weighted by atomic mass is 16.5. The number of ketones is 2. The van der Waals surface area contributed by atoms with Gasteiger partial charge in [-0.3, -0.25) is 9.59 Å². The van der Waals surface area contributed by atoms with E-state index in [0.29, 0.717) is 34.1 Å². The van der Waals surface area contributed by atoms with Crippen molar-refractivity contribution in [2.75, 3.05) is 20.8 Å². The molecule has 0 saturated heterocycles. The quantitative estimate of drug-likeness (QED) is 0.742. The topological polar surface area (TPSA) is 71.1 Å². The fourth-order valence-corrected chi connectivity index (χ4v) is 2.52. The molecule has 0 spiro atoms. The highest BCUT2D eigenvalue weighted by molar-refractivity contribution is 6.14. The molecule has 1 aliphatic rings. The summed E-state index contributed by atoms with van der Waals surface area (Å²) in [5.74, 6) is 1.95. The molecule has 0 atom stereocenters. The molecule has 6 nitrogen and oxygen atoms in total. The highest BCUT2D eigenvalue weighted by Crippen LogP contribution is 2.36. The molecule has 0 fully saturated rings. The first-order chi connectivity index (χ1) is 12.5. The van der Waals surface area contributed by atoms with Gasteiger partial charge in [0.15, 0.2) is 11.5 Å². The molecule has 0 saturated carbocycles. The molecule has 134 valence electrons. The first kappa shape index (κ1) is 17.5. The van der Waals surface area contributed by atoms with Gasteiger partial charge in [0, 0.05) is 17.7 Å². The third kappa shape index (κ3) is 3.54. The molecule has 0 unspecified atom stereocenters. The van der Waals surface area contributed by atoms with Crippen molar-refractivity contribution in [3.05, 3.63) is 53.3 Å². The van der Waals surface area contributed by atoms with Gasteiger partial charge in [0.2, 0.25) is 5.78 Å². The average Bonchev–Trinajstić information content (AvgIpc) is 2.95. The van der Waals surface area contributed by atoms with Gasteiger partial charge in [0.05, 0.1) is 19.8 Å². The van der Waals surface area contributed by atoms with Gasteiger partial charge in [0.1, 0.15) is 29.6 Å². The minimum Gasteiger partial charge on any atom is -0.497 e. The van der Waals surface area contributed by atoms with Crippen molar-refractivity contribution in [3.63, 3.8) is 0 Å². The number of carbonyl (C=O) groups excluding carboxylic acids is 2. The zero-order chi connectivity index (χ0) is 18.7. The fourth-order valence-electron chi connectivity index (χ4n) is 2.52. The van der Waals surface area contributed by atoms with E-state index in [-0.39, 0.29) is 23.9 Å². The van der Waals surface area contributed by atoms with Gasteiger partial charge in [-0.2, -0.15) is 0 Å². The second-order valence-electron chi connectivity index (χ2n) is 5.70. The largest absolute Gasteiger partial charge is 0.497 e. The first-order valence-corrected chi connectivity index (χ1v) is 7.94. The predicted molar refractivity (Wildman–Crippen MR) is 95.1 cm³/mol. The summed E-state index contributed by atoms with van der Waals surface area (Å²) >= 11 is 0. The molecule has 2 aromatic rings. The van der Waals surface area contributed by atoms with E-state index in [9.17, 15) is 9.59 Å². The van der Waals surface area contributed by atoms with Crippen molar-refractivity contribution in [1.29, 1.82) is 0 Å². The average molecular weight is 354 g/mol. The Balaban J connectivity index is 1.87. The third-order valence-corrected chi connectivity index (χ3v) is 3.81.